The monoisotopic (exact) mass is 567 g/mol. The number of aryl methyl sites for hydroxylation is 3. The molecule has 0 unspecified atom stereocenters. The number of amides is 2. The predicted molar refractivity (Wildman–Crippen MR) is 166 cm³/mol. The lowest BCUT2D eigenvalue weighted by molar-refractivity contribution is 0.0557. The highest BCUT2D eigenvalue weighted by molar-refractivity contribution is 6.00. The van der Waals surface area contributed by atoms with Gasteiger partial charge in [-0.3, -0.25) is 9.59 Å². The number of carbonyl (C=O) groups excluding carboxylic acids is 2. The summed E-state index contributed by atoms with van der Waals surface area (Å²) in [6, 6.07) is 26.7. The van der Waals surface area contributed by atoms with Crippen molar-refractivity contribution in [2.45, 2.75) is 52.2 Å². The number of nitrogens with one attached hydrogen (secondary N) is 3. The third-order valence-electron chi connectivity index (χ3n) is 7.52. The molecule has 1 aromatic heterocycles. The molecule has 220 valence electrons. The number of carbonyl (C=O) groups is 2. The fourth-order valence-corrected chi connectivity index (χ4v) is 4.94. The van der Waals surface area contributed by atoms with Gasteiger partial charge in [-0.1, -0.05) is 60.2 Å². The highest BCUT2D eigenvalue weighted by Crippen LogP contribution is 2.26. The molecule has 42 heavy (non-hydrogen) atoms. The van der Waals surface area contributed by atoms with Gasteiger partial charge in [0.05, 0.1) is 11.6 Å². The van der Waals surface area contributed by atoms with Crippen molar-refractivity contribution in [3.63, 3.8) is 0 Å². The van der Waals surface area contributed by atoms with Crippen molar-refractivity contribution in [2.24, 2.45) is 0 Å². The highest BCUT2D eigenvalue weighted by atomic mass is 16.3. The van der Waals surface area contributed by atoms with Crippen LogP contribution in [0.1, 0.15) is 61.4 Å². The van der Waals surface area contributed by atoms with E-state index in [1.54, 1.807) is 18.2 Å². The molecule has 0 fully saturated rings. The Morgan fingerprint density at radius 3 is 2.17 bits per heavy atom. The van der Waals surface area contributed by atoms with Gasteiger partial charge in [0.25, 0.3) is 11.8 Å². The zero-order valence-corrected chi connectivity index (χ0v) is 24.9. The van der Waals surface area contributed by atoms with Crippen LogP contribution in [0.3, 0.4) is 0 Å². The third-order valence-corrected chi connectivity index (χ3v) is 7.52. The molecule has 4 aromatic rings. The molecule has 7 heteroatoms. The van der Waals surface area contributed by atoms with E-state index in [4.69, 9.17) is 4.42 Å². The molecule has 7 nitrogen and oxygen atoms in total. The Morgan fingerprint density at radius 2 is 1.50 bits per heavy atom. The molecule has 1 heterocycles. The molecule has 0 aliphatic carbocycles. The van der Waals surface area contributed by atoms with Crippen molar-refractivity contribution < 1.29 is 19.1 Å². The first-order chi connectivity index (χ1) is 20.1. The van der Waals surface area contributed by atoms with E-state index in [0.29, 0.717) is 30.6 Å². The summed E-state index contributed by atoms with van der Waals surface area (Å²) in [4.78, 5) is 26.5. The molecular formula is C35H41N3O4. The Kier molecular flexibility index (Phi) is 10.3. The van der Waals surface area contributed by atoms with Gasteiger partial charge < -0.3 is 25.5 Å². The van der Waals surface area contributed by atoms with Gasteiger partial charge in [-0.15, -0.1) is 0 Å². The number of rotatable bonds is 13. The summed E-state index contributed by atoms with van der Waals surface area (Å²) in [6.45, 7) is 9.01. The van der Waals surface area contributed by atoms with E-state index in [2.05, 4.69) is 47.1 Å². The molecule has 0 aliphatic heterocycles. The van der Waals surface area contributed by atoms with Gasteiger partial charge in [-0.25, -0.2) is 0 Å². The number of aliphatic hydroxyl groups excluding tert-OH is 1. The molecule has 0 bridgehead atoms. The van der Waals surface area contributed by atoms with Crippen molar-refractivity contribution >= 4 is 11.8 Å². The summed E-state index contributed by atoms with van der Waals surface area (Å²) in [5.74, 6) is 1.00. The summed E-state index contributed by atoms with van der Waals surface area (Å²) in [5, 5.41) is 20.7. The third kappa shape index (κ3) is 8.18. The van der Waals surface area contributed by atoms with Crippen molar-refractivity contribution in [3.05, 3.63) is 130 Å². The van der Waals surface area contributed by atoms with E-state index >= 15 is 0 Å². The van der Waals surface area contributed by atoms with E-state index in [9.17, 15) is 14.7 Å². The molecule has 4 N–H and O–H groups in total. The second kappa shape index (κ2) is 14.1. The minimum Gasteiger partial charge on any atom is -0.466 e. The number of hydrogen-bond acceptors (Lipinski definition) is 5. The molecule has 0 radical (unpaired) electrons. The van der Waals surface area contributed by atoms with Gasteiger partial charge in [0.2, 0.25) is 0 Å². The van der Waals surface area contributed by atoms with E-state index in [-0.39, 0.29) is 18.4 Å². The maximum Gasteiger partial charge on any atom is 0.252 e. The van der Waals surface area contributed by atoms with Crippen LogP contribution in [-0.4, -0.2) is 42.7 Å². The number of aliphatic hydroxyl groups is 1. The van der Waals surface area contributed by atoms with Crippen LogP contribution in [0.5, 0.6) is 0 Å². The average Bonchev–Trinajstić information content (AvgIpc) is 3.40. The molecule has 4 rings (SSSR count). The maximum atomic E-state index is 13.6. The van der Waals surface area contributed by atoms with E-state index in [1.165, 1.54) is 11.1 Å². The Labute approximate surface area is 248 Å². The van der Waals surface area contributed by atoms with Crippen LogP contribution in [-0.2, 0) is 18.4 Å². The second-order valence-electron chi connectivity index (χ2n) is 11.1. The minimum absolute atomic E-state index is 0.264. The predicted octanol–water partition coefficient (Wildman–Crippen LogP) is 5.02. The highest BCUT2D eigenvalue weighted by Gasteiger charge is 2.36. The largest absolute Gasteiger partial charge is 0.466 e. The first kappa shape index (κ1) is 30.8. The summed E-state index contributed by atoms with van der Waals surface area (Å²) in [6.07, 6.45) is 0.488. The summed E-state index contributed by atoms with van der Waals surface area (Å²) in [5.41, 5.74) is 3.68. The Balaban J connectivity index is 1.43. The van der Waals surface area contributed by atoms with Crippen LogP contribution >= 0.6 is 0 Å². The standard InChI is InChI=1S/C35H41N3O4/c1-24-10-13-27(14-11-24)16-18-36-23-32(39)35(4,30-8-6-5-7-9-30)38-34(41)29-21-25(2)20-28(22-29)33(40)37-19-17-31-15-12-26(3)42-31/h5-15,20-22,32,36,39H,16-19,23H2,1-4H3,(H,37,40)(H,38,41)/t32-,35+/m1/s1. The normalized spacial score (nSPS) is 13.3. The first-order valence-corrected chi connectivity index (χ1v) is 14.4. The van der Waals surface area contributed by atoms with E-state index in [1.807, 2.05) is 63.2 Å². The van der Waals surface area contributed by atoms with Gasteiger partial charge in [-0.2, -0.15) is 0 Å². The summed E-state index contributed by atoms with van der Waals surface area (Å²) >= 11 is 0. The van der Waals surface area contributed by atoms with Gasteiger partial charge in [-0.05, 0) is 87.7 Å². The SMILES string of the molecule is Cc1ccc(CCNC[C@@H](O)[C@@](C)(NC(=O)c2cc(C)cc(C(=O)NCCc3ccc(C)o3)c2)c2ccccc2)cc1. The van der Waals surface area contributed by atoms with Gasteiger partial charge in [0.1, 0.15) is 11.5 Å². The summed E-state index contributed by atoms with van der Waals surface area (Å²) in [7, 11) is 0. The number of benzene rings is 3. The smallest absolute Gasteiger partial charge is 0.252 e. The lowest BCUT2D eigenvalue weighted by Gasteiger charge is -2.36. The quantitative estimate of drug-likeness (QED) is 0.170. The number of furan rings is 1. The molecule has 0 saturated heterocycles. The molecule has 0 spiro atoms. The zero-order chi connectivity index (χ0) is 30.1. The van der Waals surface area contributed by atoms with Gasteiger partial charge in [0.15, 0.2) is 0 Å². The van der Waals surface area contributed by atoms with Crippen molar-refractivity contribution in [1.82, 2.24) is 16.0 Å². The van der Waals surface area contributed by atoms with Crippen LogP contribution < -0.4 is 16.0 Å². The van der Waals surface area contributed by atoms with Crippen LogP contribution in [0, 0.1) is 20.8 Å². The zero-order valence-electron chi connectivity index (χ0n) is 24.9. The molecule has 2 amide bonds. The van der Waals surface area contributed by atoms with Crippen LogP contribution in [0.15, 0.2) is 89.3 Å². The molecule has 2 atom stereocenters. The lowest BCUT2D eigenvalue weighted by Crippen LogP contribution is -2.55. The van der Waals surface area contributed by atoms with Crippen molar-refractivity contribution in [2.75, 3.05) is 19.6 Å². The average molecular weight is 568 g/mol. The first-order valence-electron chi connectivity index (χ1n) is 14.4. The second-order valence-corrected chi connectivity index (χ2v) is 11.1. The van der Waals surface area contributed by atoms with Crippen molar-refractivity contribution in [3.8, 4) is 0 Å². The Morgan fingerprint density at radius 1 is 0.810 bits per heavy atom. The van der Waals surface area contributed by atoms with Gasteiger partial charge in [0, 0.05) is 30.6 Å². The molecule has 3 aromatic carbocycles. The number of hydrogen-bond donors (Lipinski definition) is 4. The maximum absolute atomic E-state index is 13.6. The van der Waals surface area contributed by atoms with Crippen LogP contribution in [0.25, 0.3) is 0 Å². The lowest BCUT2D eigenvalue weighted by atomic mass is 9.85. The Bertz CT molecular complexity index is 1480. The fourth-order valence-electron chi connectivity index (χ4n) is 4.94. The Hall–Kier alpha value is -4.20. The van der Waals surface area contributed by atoms with Crippen LogP contribution in [0.4, 0.5) is 0 Å². The van der Waals surface area contributed by atoms with Gasteiger partial charge >= 0.3 is 0 Å². The van der Waals surface area contributed by atoms with Crippen LogP contribution in [0.2, 0.25) is 0 Å². The molecule has 0 aliphatic rings. The minimum atomic E-state index is -1.08. The topological polar surface area (TPSA) is 104 Å². The summed E-state index contributed by atoms with van der Waals surface area (Å²) < 4.78 is 5.57. The fraction of sp³-hybridized carbons (Fsp3) is 0.314. The molecule has 0 saturated carbocycles. The molecular weight excluding hydrogens is 526 g/mol. The van der Waals surface area contributed by atoms with E-state index in [0.717, 1.165) is 29.1 Å². The van der Waals surface area contributed by atoms with E-state index < -0.39 is 11.6 Å². The van der Waals surface area contributed by atoms with Crippen molar-refractivity contribution in [1.29, 1.82) is 0 Å².